The highest BCUT2D eigenvalue weighted by Crippen LogP contribution is 2.27. The molecule has 1 rings (SSSR count). The number of carbonyl (C=O) groups excluding carboxylic acids is 1. The third-order valence-electron chi connectivity index (χ3n) is 4.15. The molecule has 0 aromatic carbocycles. The van der Waals surface area contributed by atoms with Crippen molar-refractivity contribution in [3.05, 3.63) is 40.1 Å². The summed E-state index contributed by atoms with van der Waals surface area (Å²) in [6.07, 6.45) is 5.42. The van der Waals surface area contributed by atoms with Crippen LogP contribution in [0.2, 0.25) is 0 Å². The summed E-state index contributed by atoms with van der Waals surface area (Å²) >= 11 is 0. The summed E-state index contributed by atoms with van der Waals surface area (Å²) in [5.74, 6) is -0.549. The van der Waals surface area contributed by atoms with Gasteiger partial charge in [-0.1, -0.05) is 33.8 Å². The van der Waals surface area contributed by atoms with Crippen LogP contribution in [0.4, 0.5) is 0 Å². The predicted molar refractivity (Wildman–Crippen MR) is 90.8 cm³/mol. The zero-order chi connectivity index (χ0) is 17.6. The number of hydrogen-bond donors (Lipinski definition) is 2. The minimum absolute atomic E-state index is 0.0261. The van der Waals surface area contributed by atoms with E-state index in [0.717, 1.165) is 12.8 Å². The van der Waals surface area contributed by atoms with Gasteiger partial charge in [-0.15, -0.1) is 0 Å². The quantitative estimate of drug-likeness (QED) is 0.717. The lowest BCUT2D eigenvalue weighted by molar-refractivity contribution is 0.0891. The highest BCUT2D eigenvalue weighted by Gasteiger charge is 2.26. The topological polar surface area (TPSA) is 79.5 Å². The molecular formula is C18H27NO4. The fourth-order valence-electron chi connectivity index (χ4n) is 2.19. The van der Waals surface area contributed by atoms with E-state index in [1.807, 2.05) is 40.1 Å². The van der Waals surface area contributed by atoms with Gasteiger partial charge in [0.05, 0.1) is 0 Å². The number of rotatable bonds is 8. The molecule has 0 fully saturated rings. The van der Waals surface area contributed by atoms with E-state index in [0.29, 0.717) is 5.76 Å². The first-order valence-electron chi connectivity index (χ1n) is 8.03. The van der Waals surface area contributed by atoms with Gasteiger partial charge in [-0.05, 0) is 25.0 Å². The van der Waals surface area contributed by atoms with Crippen molar-refractivity contribution in [3.63, 3.8) is 0 Å². The molecule has 0 aliphatic rings. The molecule has 128 valence electrons. The average molecular weight is 321 g/mol. The molecule has 1 aromatic rings. The van der Waals surface area contributed by atoms with E-state index in [2.05, 4.69) is 5.32 Å². The molecule has 0 aliphatic heterocycles. The van der Waals surface area contributed by atoms with Crippen LogP contribution < -0.4 is 10.9 Å². The predicted octanol–water partition coefficient (Wildman–Crippen LogP) is 3.44. The zero-order valence-electron chi connectivity index (χ0n) is 14.6. The molecule has 0 saturated heterocycles. The summed E-state index contributed by atoms with van der Waals surface area (Å²) in [5, 5.41) is 13.0. The summed E-state index contributed by atoms with van der Waals surface area (Å²) in [6, 6.07) is 1.40. The Bertz CT molecular complexity index is 616. The summed E-state index contributed by atoms with van der Waals surface area (Å²) < 4.78 is 5.28. The van der Waals surface area contributed by atoms with Gasteiger partial charge < -0.3 is 14.8 Å². The number of aromatic hydroxyl groups is 1. The van der Waals surface area contributed by atoms with E-state index in [1.165, 1.54) is 6.07 Å². The molecule has 2 N–H and O–H groups in total. The Morgan fingerprint density at radius 2 is 2.00 bits per heavy atom. The Labute approximate surface area is 137 Å². The molecule has 5 heteroatoms. The van der Waals surface area contributed by atoms with Gasteiger partial charge in [0.1, 0.15) is 17.1 Å². The average Bonchev–Trinajstić information content (AvgIpc) is 2.49. The van der Waals surface area contributed by atoms with Crippen molar-refractivity contribution < 1.29 is 14.3 Å². The van der Waals surface area contributed by atoms with Crippen molar-refractivity contribution >= 4 is 5.78 Å². The van der Waals surface area contributed by atoms with Crippen LogP contribution in [0.25, 0.3) is 0 Å². The number of ketones is 1. The van der Waals surface area contributed by atoms with Crippen LogP contribution in [0.15, 0.2) is 27.6 Å². The van der Waals surface area contributed by atoms with E-state index in [9.17, 15) is 14.7 Å². The number of hydrogen-bond acceptors (Lipinski definition) is 5. The standard InChI is InChI=1S/C18H27NO4/c1-11(2)13(4)17(21)16-14(20)10-15(23-18(16)22)12(3)8-6-7-9-19-5/h7,9-13,19-20H,6,8H2,1-5H3/b9-7+. The lowest BCUT2D eigenvalue weighted by atomic mass is 9.90. The van der Waals surface area contributed by atoms with Gasteiger partial charge in [0.15, 0.2) is 5.78 Å². The van der Waals surface area contributed by atoms with Crippen molar-refractivity contribution in [3.8, 4) is 5.75 Å². The minimum Gasteiger partial charge on any atom is -0.507 e. The molecule has 2 unspecified atom stereocenters. The largest absolute Gasteiger partial charge is 0.507 e. The molecule has 2 atom stereocenters. The Kier molecular flexibility index (Phi) is 7.07. The smallest absolute Gasteiger partial charge is 0.350 e. The Morgan fingerprint density at radius 3 is 2.52 bits per heavy atom. The first kappa shape index (κ1) is 19.0. The Hall–Kier alpha value is -2.04. The van der Waals surface area contributed by atoms with Gasteiger partial charge in [-0.3, -0.25) is 4.79 Å². The molecule has 1 aromatic heterocycles. The van der Waals surface area contributed by atoms with Crippen molar-refractivity contribution in [2.75, 3.05) is 7.05 Å². The van der Waals surface area contributed by atoms with Crippen LogP contribution in [0.1, 0.15) is 62.6 Å². The molecule has 1 heterocycles. The number of Topliss-reactive ketones (excluding diaryl/α,β-unsaturated/α-hetero) is 1. The molecule has 0 amide bonds. The summed E-state index contributed by atoms with van der Waals surface area (Å²) in [5.41, 5.74) is -0.993. The van der Waals surface area contributed by atoms with Gasteiger partial charge in [-0.2, -0.15) is 0 Å². The maximum atomic E-state index is 12.3. The van der Waals surface area contributed by atoms with Crippen molar-refractivity contribution in [1.29, 1.82) is 0 Å². The van der Waals surface area contributed by atoms with Gasteiger partial charge in [0.2, 0.25) is 0 Å². The maximum Gasteiger partial charge on any atom is 0.350 e. The monoisotopic (exact) mass is 321 g/mol. The lowest BCUT2D eigenvalue weighted by Gasteiger charge is -2.15. The number of carbonyl (C=O) groups is 1. The highest BCUT2D eigenvalue weighted by molar-refractivity contribution is 5.99. The Balaban J connectivity index is 2.99. The first-order valence-corrected chi connectivity index (χ1v) is 8.03. The summed E-state index contributed by atoms with van der Waals surface area (Å²) in [4.78, 5) is 24.5. The first-order chi connectivity index (χ1) is 10.8. The van der Waals surface area contributed by atoms with E-state index >= 15 is 0 Å². The number of nitrogens with one attached hydrogen (secondary N) is 1. The second-order valence-electron chi connectivity index (χ2n) is 6.26. The van der Waals surface area contributed by atoms with E-state index in [1.54, 1.807) is 6.92 Å². The third-order valence-corrected chi connectivity index (χ3v) is 4.15. The number of allylic oxidation sites excluding steroid dienone is 1. The van der Waals surface area contributed by atoms with Crippen molar-refractivity contribution in [2.24, 2.45) is 11.8 Å². The molecule has 23 heavy (non-hydrogen) atoms. The van der Waals surface area contributed by atoms with Crippen molar-refractivity contribution in [1.82, 2.24) is 5.32 Å². The molecule has 0 radical (unpaired) electrons. The second-order valence-corrected chi connectivity index (χ2v) is 6.26. The van der Waals surface area contributed by atoms with Crippen LogP contribution in [-0.4, -0.2) is 17.9 Å². The van der Waals surface area contributed by atoms with Crippen LogP contribution >= 0.6 is 0 Å². The van der Waals surface area contributed by atoms with Gasteiger partial charge in [-0.25, -0.2) is 4.79 Å². The van der Waals surface area contributed by atoms with Gasteiger partial charge >= 0.3 is 5.63 Å². The third kappa shape index (κ3) is 4.98. The van der Waals surface area contributed by atoms with Gasteiger partial charge in [0.25, 0.3) is 0 Å². The van der Waals surface area contributed by atoms with E-state index in [4.69, 9.17) is 4.42 Å². The van der Waals surface area contributed by atoms with Crippen LogP contribution in [0.3, 0.4) is 0 Å². The van der Waals surface area contributed by atoms with Crippen LogP contribution in [0, 0.1) is 11.8 Å². The maximum absolute atomic E-state index is 12.3. The Morgan fingerprint density at radius 1 is 1.35 bits per heavy atom. The molecule has 5 nitrogen and oxygen atoms in total. The fourth-order valence-corrected chi connectivity index (χ4v) is 2.19. The second kappa shape index (κ2) is 8.56. The fraction of sp³-hybridized carbons (Fsp3) is 0.556. The van der Waals surface area contributed by atoms with E-state index < -0.39 is 5.63 Å². The normalized spacial score (nSPS) is 14.2. The molecule has 0 saturated carbocycles. The van der Waals surface area contributed by atoms with Crippen molar-refractivity contribution in [2.45, 2.75) is 46.5 Å². The highest BCUT2D eigenvalue weighted by atomic mass is 16.4. The molecule has 0 aliphatic carbocycles. The SMILES string of the molecule is CN/C=C/CCC(C)c1cc(O)c(C(=O)C(C)C(C)C)c(=O)o1. The molecule has 0 spiro atoms. The zero-order valence-corrected chi connectivity index (χ0v) is 14.6. The summed E-state index contributed by atoms with van der Waals surface area (Å²) in [7, 11) is 1.82. The molecular weight excluding hydrogens is 294 g/mol. The summed E-state index contributed by atoms with van der Waals surface area (Å²) in [6.45, 7) is 7.46. The van der Waals surface area contributed by atoms with Crippen LogP contribution in [-0.2, 0) is 0 Å². The minimum atomic E-state index is -0.755. The lowest BCUT2D eigenvalue weighted by Crippen LogP contribution is -2.24. The van der Waals surface area contributed by atoms with E-state index in [-0.39, 0.29) is 34.8 Å². The van der Waals surface area contributed by atoms with Gasteiger partial charge in [0, 0.05) is 24.9 Å². The molecule has 0 bridgehead atoms. The van der Waals surface area contributed by atoms with Crippen LogP contribution in [0.5, 0.6) is 5.75 Å².